The van der Waals surface area contributed by atoms with Crippen LogP contribution in [0.15, 0.2) is 57.0 Å². The first-order chi connectivity index (χ1) is 17.0. The van der Waals surface area contributed by atoms with Crippen LogP contribution in [0.4, 0.5) is 0 Å². The molecule has 2 rings (SSSR count). The van der Waals surface area contributed by atoms with Gasteiger partial charge in [-0.2, -0.15) is 8.42 Å². The van der Waals surface area contributed by atoms with Gasteiger partial charge in [-0.25, -0.2) is 0 Å². The standard InChI is InChI=1S/C24H27Cl4NO6S/c1-16-6-8-20(9-7-16)36(30,31)35-29-17(2)15-32-11-4-5-18(3)34-24-21(25)13-19(14-22(24)26)33-12-10-23(27)28/h6-10,13-14,18H,4-5,11-12,15H2,1-3H3. The molecule has 12 heteroatoms. The monoisotopic (exact) mass is 597 g/mol. The average Bonchev–Trinajstić information content (AvgIpc) is 2.80. The highest BCUT2D eigenvalue weighted by Crippen LogP contribution is 2.38. The zero-order valence-electron chi connectivity index (χ0n) is 20.0. The van der Waals surface area contributed by atoms with Gasteiger partial charge in [-0.3, -0.25) is 4.28 Å². The van der Waals surface area contributed by atoms with E-state index in [1.165, 1.54) is 18.2 Å². The number of benzene rings is 2. The van der Waals surface area contributed by atoms with Gasteiger partial charge in [0.15, 0.2) is 5.75 Å². The van der Waals surface area contributed by atoms with Crippen LogP contribution in [0.3, 0.4) is 0 Å². The first-order valence-corrected chi connectivity index (χ1v) is 13.8. The van der Waals surface area contributed by atoms with Gasteiger partial charge >= 0.3 is 10.1 Å². The van der Waals surface area contributed by atoms with Gasteiger partial charge in [-0.05, 0) is 51.8 Å². The lowest BCUT2D eigenvalue weighted by Crippen LogP contribution is -2.14. The quantitative estimate of drug-likeness (QED) is 0.128. The molecular formula is C24H27Cl4NO6S. The molecule has 0 radical (unpaired) electrons. The van der Waals surface area contributed by atoms with Crippen LogP contribution in [0.2, 0.25) is 10.0 Å². The summed E-state index contributed by atoms with van der Waals surface area (Å²) in [6.45, 7) is 6.08. The summed E-state index contributed by atoms with van der Waals surface area (Å²) in [6, 6.07) is 9.50. The Balaban J connectivity index is 1.73. The van der Waals surface area contributed by atoms with E-state index in [4.69, 9.17) is 64.9 Å². The maximum absolute atomic E-state index is 12.2. The van der Waals surface area contributed by atoms with Gasteiger partial charge in [-0.15, -0.1) is 0 Å². The summed E-state index contributed by atoms with van der Waals surface area (Å²) in [5, 5.41) is 4.29. The Bertz CT molecular complexity index is 1140. The molecular weight excluding hydrogens is 572 g/mol. The Morgan fingerprint density at radius 1 is 1.11 bits per heavy atom. The molecule has 2 aromatic rings. The molecule has 0 N–H and O–H groups in total. The summed E-state index contributed by atoms with van der Waals surface area (Å²) in [5.41, 5.74) is 1.33. The van der Waals surface area contributed by atoms with Crippen LogP contribution in [0.25, 0.3) is 0 Å². The largest absolute Gasteiger partial charge is 0.489 e. The van der Waals surface area contributed by atoms with Gasteiger partial charge in [-0.1, -0.05) is 69.3 Å². The molecule has 0 saturated carbocycles. The van der Waals surface area contributed by atoms with Crippen molar-refractivity contribution in [3.63, 3.8) is 0 Å². The molecule has 2 aromatic carbocycles. The number of rotatable bonds is 14. The van der Waals surface area contributed by atoms with E-state index in [0.29, 0.717) is 46.7 Å². The molecule has 0 saturated heterocycles. The van der Waals surface area contributed by atoms with Crippen molar-refractivity contribution >= 4 is 62.2 Å². The summed E-state index contributed by atoms with van der Waals surface area (Å²) >= 11 is 23.7. The van der Waals surface area contributed by atoms with Gasteiger partial charge in [0, 0.05) is 18.7 Å². The van der Waals surface area contributed by atoms with Crippen LogP contribution in [-0.4, -0.2) is 40.1 Å². The van der Waals surface area contributed by atoms with E-state index in [2.05, 4.69) is 5.16 Å². The molecule has 198 valence electrons. The average molecular weight is 599 g/mol. The summed E-state index contributed by atoms with van der Waals surface area (Å²) in [6.07, 6.45) is 2.65. The van der Waals surface area contributed by atoms with E-state index in [-0.39, 0.29) is 28.7 Å². The van der Waals surface area contributed by atoms with Gasteiger partial charge in [0.1, 0.15) is 21.7 Å². The number of nitrogens with zero attached hydrogens (tertiary/aromatic N) is 1. The number of aryl methyl sites for hydroxylation is 1. The Kier molecular flexibility index (Phi) is 12.6. The maximum Gasteiger partial charge on any atom is 0.358 e. The van der Waals surface area contributed by atoms with E-state index in [9.17, 15) is 8.42 Å². The Labute approximate surface area is 232 Å². The van der Waals surface area contributed by atoms with Crippen LogP contribution in [0, 0.1) is 6.92 Å². The van der Waals surface area contributed by atoms with Crippen molar-refractivity contribution in [2.24, 2.45) is 5.16 Å². The van der Waals surface area contributed by atoms with Crippen LogP contribution in [-0.2, 0) is 19.1 Å². The molecule has 1 unspecified atom stereocenters. The zero-order valence-corrected chi connectivity index (χ0v) is 23.8. The second-order valence-corrected chi connectivity index (χ2v) is 11.2. The maximum atomic E-state index is 12.2. The smallest absolute Gasteiger partial charge is 0.358 e. The summed E-state index contributed by atoms with van der Waals surface area (Å²) in [5.74, 6) is 0.817. The van der Waals surface area contributed by atoms with Crippen LogP contribution in [0.1, 0.15) is 32.3 Å². The zero-order chi connectivity index (χ0) is 26.7. The third-order valence-electron chi connectivity index (χ3n) is 4.59. The minimum Gasteiger partial charge on any atom is -0.489 e. The molecule has 0 amide bonds. The molecule has 0 spiro atoms. The molecule has 0 aliphatic rings. The molecule has 36 heavy (non-hydrogen) atoms. The highest BCUT2D eigenvalue weighted by atomic mass is 35.5. The second kappa shape index (κ2) is 14.9. The SMILES string of the molecule is CC(COCCCC(C)Oc1c(Cl)cc(OCC=C(Cl)Cl)cc1Cl)=NOS(=O)(=O)c1ccc(C)cc1. The molecule has 0 aliphatic heterocycles. The molecule has 0 aromatic heterocycles. The third kappa shape index (κ3) is 10.7. The van der Waals surface area contributed by atoms with Gasteiger partial charge in [0.05, 0.1) is 28.5 Å². The van der Waals surface area contributed by atoms with Crippen molar-refractivity contribution < 1.29 is 26.9 Å². The van der Waals surface area contributed by atoms with Crippen LogP contribution in [0.5, 0.6) is 11.5 Å². The first kappa shape index (κ1) is 30.5. The molecule has 0 aliphatic carbocycles. The van der Waals surface area contributed by atoms with Gasteiger partial charge < -0.3 is 14.2 Å². The van der Waals surface area contributed by atoms with E-state index in [1.807, 2.05) is 13.8 Å². The first-order valence-electron chi connectivity index (χ1n) is 10.9. The molecule has 0 bridgehead atoms. The number of ether oxygens (including phenoxy) is 3. The third-order valence-corrected chi connectivity index (χ3v) is 6.58. The van der Waals surface area contributed by atoms with Gasteiger partial charge in [0.2, 0.25) is 0 Å². The lowest BCUT2D eigenvalue weighted by atomic mass is 10.2. The number of oxime groups is 1. The summed E-state index contributed by atoms with van der Waals surface area (Å²) in [4.78, 5) is 0.0373. The second-order valence-electron chi connectivity index (χ2n) is 7.81. The normalized spacial score (nSPS) is 12.7. The fraction of sp³-hybridized carbons (Fsp3) is 0.375. The molecule has 1 atom stereocenters. The lowest BCUT2D eigenvalue weighted by molar-refractivity contribution is 0.143. The van der Waals surface area contributed by atoms with Crippen molar-refractivity contribution in [3.8, 4) is 11.5 Å². The van der Waals surface area contributed by atoms with E-state index in [1.54, 1.807) is 31.2 Å². The van der Waals surface area contributed by atoms with Crippen LogP contribution < -0.4 is 9.47 Å². The topological polar surface area (TPSA) is 83.4 Å². The fourth-order valence-corrected chi connectivity index (χ4v) is 4.24. The van der Waals surface area contributed by atoms with Crippen molar-refractivity contribution in [1.82, 2.24) is 0 Å². The van der Waals surface area contributed by atoms with Gasteiger partial charge in [0.25, 0.3) is 0 Å². The number of hydrogen-bond acceptors (Lipinski definition) is 7. The predicted octanol–water partition coefficient (Wildman–Crippen LogP) is 7.35. The molecule has 7 nitrogen and oxygen atoms in total. The van der Waals surface area contributed by atoms with Crippen molar-refractivity contribution in [2.75, 3.05) is 19.8 Å². The molecule has 0 heterocycles. The van der Waals surface area contributed by atoms with Crippen molar-refractivity contribution in [1.29, 1.82) is 0 Å². The minimum atomic E-state index is -3.97. The fourth-order valence-electron chi connectivity index (χ4n) is 2.77. The summed E-state index contributed by atoms with van der Waals surface area (Å²) < 4.78 is 46.1. The van der Waals surface area contributed by atoms with E-state index >= 15 is 0 Å². The molecule has 0 fully saturated rings. The number of halogens is 4. The Hall–Kier alpha value is -1.68. The minimum absolute atomic E-state index is 0.0373. The van der Waals surface area contributed by atoms with Crippen molar-refractivity contribution in [2.45, 2.75) is 44.6 Å². The lowest BCUT2D eigenvalue weighted by Gasteiger charge is -2.17. The van der Waals surface area contributed by atoms with E-state index in [0.717, 1.165) is 5.56 Å². The Morgan fingerprint density at radius 2 is 1.75 bits per heavy atom. The van der Waals surface area contributed by atoms with Crippen molar-refractivity contribution in [3.05, 3.63) is 62.6 Å². The Morgan fingerprint density at radius 3 is 2.36 bits per heavy atom. The highest BCUT2D eigenvalue weighted by molar-refractivity contribution is 7.86. The highest BCUT2D eigenvalue weighted by Gasteiger charge is 2.16. The van der Waals surface area contributed by atoms with Crippen LogP contribution >= 0.6 is 46.4 Å². The number of hydrogen-bond donors (Lipinski definition) is 0. The van der Waals surface area contributed by atoms with E-state index < -0.39 is 10.1 Å². The summed E-state index contributed by atoms with van der Waals surface area (Å²) in [7, 11) is -3.97. The predicted molar refractivity (Wildman–Crippen MR) is 144 cm³/mol.